The molecule has 35 heavy (non-hydrogen) atoms. The number of esters is 1. The van der Waals surface area contributed by atoms with Crippen molar-refractivity contribution in [2.45, 2.75) is 30.9 Å². The fourth-order valence-corrected chi connectivity index (χ4v) is 5.55. The number of methoxy groups -OCH3 is 1. The predicted molar refractivity (Wildman–Crippen MR) is 127 cm³/mol. The monoisotopic (exact) mass is 497 g/mol. The molecule has 1 aliphatic heterocycles. The second-order valence-corrected chi connectivity index (χ2v) is 10.2. The summed E-state index contributed by atoms with van der Waals surface area (Å²) in [5.41, 5.74) is 2.65. The fraction of sp³-hybridized carbons (Fsp3) is 0.320. The Morgan fingerprint density at radius 3 is 2.46 bits per heavy atom. The van der Waals surface area contributed by atoms with E-state index >= 15 is 0 Å². The van der Waals surface area contributed by atoms with E-state index in [1.54, 1.807) is 6.20 Å². The van der Waals surface area contributed by atoms with Crippen molar-refractivity contribution in [1.29, 1.82) is 0 Å². The summed E-state index contributed by atoms with van der Waals surface area (Å²) >= 11 is 0. The maximum absolute atomic E-state index is 13.2. The van der Waals surface area contributed by atoms with Crippen LogP contribution < -0.4 is 5.32 Å². The second kappa shape index (κ2) is 10.4. The highest BCUT2D eigenvalue weighted by atomic mass is 32.2. The molecule has 0 bridgehead atoms. The summed E-state index contributed by atoms with van der Waals surface area (Å²) in [5.74, 6) is -1.43. The van der Waals surface area contributed by atoms with Gasteiger partial charge < -0.3 is 14.5 Å². The van der Waals surface area contributed by atoms with E-state index in [0.29, 0.717) is 12.8 Å². The van der Waals surface area contributed by atoms with Crippen LogP contribution in [0.1, 0.15) is 46.3 Å². The summed E-state index contributed by atoms with van der Waals surface area (Å²) in [6.45, 7) is 2.27. The third-order valence-corrected chi connectivity index (χ3v) is 7.90. The van der Waals surface area contributed by atoms with Crippen molar-refractivity contribution in [3.05, 3.63) is 83.4 Å². The van der Waals surface area contributed by atoms with Crippen molar-refractivity contribution < 1.29 is 27.2 Å². The highest BCUT2D eigenvalue weighted by Crippen LogP contribution is 2.28. The number of aromatic nitrogens is 1. The molecule has 0 aliphatic carbocycles. The lowest BCUT2D eigenvalue weighted by Crippen LogP contribution is -2.43. The van der Waals surface area contributed by atoms with E-state index in [1.165, 1.54) is 23.5 Å². The zero-order valence-corrected chi connectivity index (χ0v) is 20.3. The van der Waals surface area contributed by atoms with Crippen LogP contribution in [-0.2, 0) is 19.6 Å². The number of carbonyl (C=O) groups is 2. The van der Waals surface area contributed by atoms with Gasteiger partial charge in [-0.15, -0.1) is 0 Å². The number of furan rings is 1. The lowest BCUT2D eigenvalue weighted by atomic mass is 9.94. The maximum Gasteiger partial charge on any atom is 0.374 e. The minimum atomic E-state index is -3.93. The molecule has 3 heterocycles. The maximum atomic E-state index is 13.2. The summed E-state index contributed by atoms with van der Waals surface area (Å²) in [5, 5.41) is 2.80. The highest BCUT2D eigenvalue weighted by molar-refractivity contribution is 7.89. The number of nitrogens with zero attached hydrogens (tertiary/aromatic N) is 2. The Bertz CT molecular complexity index is 1300. The molecule has 1 fully saturated rings. The van der Waals surface area contributed by atoms with Crippen LogP contribution >= 0.6 is 0 Å². The van der Waals surface area contributed by atoms with Crippen molar-refractivity contribution in [2.75, 3.05) is 20.2 Å². The van der Waals surface area contributed by atoms with Crippen molar-refractivity contribution in [2.24, 2.45) is 5.92 Å². The highest BCUT2D eigenvalue weighted by Gasteiger charge is 2.35. The van der Waals surface area contributed by atoms with Gasteiger partial charge in [-0.05, 0) is 49.1 Å². The van der Waals surface area contributed by atoms with Gasteiger partial charge in [0.25, 0.3) is 10.0 Å². The molecular formula is C25H27N3O6S. The van der Waals surface area contributed by atoms with E-state index in [0.717, 1.165) is 16.8 Å². The summed E-state index contributed by atoms with van der Waals surface area (Å²) in [6, 6.07) is 15.5. The van der Waals surface area contributed by atoms with Crippen molar-refractivity contribution in [3.8, 4) is 0 Å². The molecule has 9 nitrogen and oxygen atoms in total. The molecule has 4 rings (SSSR count). The first-order valence-electron chi connectivity index (χ1n) is 11.3. The molecule has 2 aromatic heterocycles. The smallest absolute Gasteiger partial charge is 0.374 e. The molecule has 1 amide bonds. The number of pyridine rings is 1. The van der Waals surface area contributed by atoms with Crippen molar-refractivity contribution in [1.82, 2.24) is 14.6 Å². The molecule has 1 unspecified atom stereocenters. The SMILES string of the molecule is COC(=O)c1ccc(S(=O)(=O)N2CCC(C(=O)NC(c3ccccc3)c3ncccc3C)CC2)o1. The van der Waals surface area contributed by atoms with Gasteiger partial charge in [-0.2, -0.15) is 4.31 Å². The lowest BCUT2D eigenvalue weighted by molar-refractivity contribution is -0.126. The molecule has 0 spiro atoms. The number of rotatable bonds is 7. The van der Waals surface area contributed by atoms with Gasteiger partial charge in [0, 0.05) is 25.2 Å². The topological polar surface area (TPSA) is 119 Å². The first-order valence-corrected chi connectivity index (χ1v) is 12.7. The van der Waals surface area contributed by atoms with Crippen LogP contribution in [0.2, 0.25) is 0 Å². The van der Waals surface area contributed by atoms with E-state index < -0.39 is 22.0 Å². The van der Waals surface area contributed by atoms with Gasteiger partial charge in [0.1, 0.15) is 0 Å². The number of ether oxygens (including phenoxy) is 1. The van der Waals surface area contributed by atoms with E-state index in [-0.39, 0.29) is 35.8 Å². The average Bonchev–Trinajstić information content (AvgIpc) is 3.39. The number of piperidine rings is 1. The molecule has 1 atom stereocenters. The first kappa shape index (κ1) is 24.6. The number of aryl methyl sites for hydroxylation is 1. The fourth-order valence-electron chi connectivity index (χ4n) is 4.17. The standard InChI is InChI=1S/C25H27N3O6S/c1-17-7-6-14-26-22(17)23(18-8-4-3-5-9-18)27-24(29)19-12-15-28(16-13-19)35(31,32)21-11-10-20(34-21)25(30)33-2/h3-11,14,19,23H,12-13,15-16H2,1-2H3,(H,27,29). The number of sulfonamides is 1. The van der Waals surface area contributed by atoms with Crippen LogP contribution in [0.3, 0.4) is 0 Å². The molecule has 184 valence electrons. The number of nitrogens with one attached hydrogen (secondary N) is 1. The molecule has 3 aromatic rings. The van der Waals surface area contributed by atoms with Gasteiger partial charge in [-0.3, -0.25) is 9.78 Å². The molecule has 1 aromatic carbocycles. The van der Waals surface area contributed by atoms with E-state index in [4.69, 9.17) is 4.42 Å². The first-order chi connectivity index (χ1) is 16.8. The van der Waals surface area contributed by atoms with E-state index in [2.05, 4.69) is 15.0 Å². The third kappa shape index (κ3) is 5.28. The van der Waals surface area contributed by atoms with Crippen LogP contribution in [0.15, 0.2) is 70.3 Å². The van der Waals surface area contributed by atoms with Gasteiger partial charge >= 0.3 is 5.97 Å². The Hall–Kier alpha value is -3.50. The summed E-state index contributed by atoms with van der Waals surface area (Å²) in [4.78, 5) is 29.3. The van der Waals surface area contributed by atoms with Crippen LogP contribution in [0.4, 0.5) is 0 Å². The van der Waals surface area contributed by atoms with Gasteiger partial charge in [0.15, 0.2) is 0 Å². The quantitative estimate of drug-likeness (QED) is 0.498. The zero-order chi connectivity index (χ0) is 25.0. The van der Waals surface area contributed by atoms with Crippen LogP contribution in [0, 0.1) is 12.8 Å². The van der Waals surface area contributed by atoms with Gasteiger partial charge in [-0.25, -0.2) is 13.2 Å². The van der Waals surface area contributed by atoms with Crippen LogP contribution in [0.25, 0.3) is 0 Å². The summed E-state index contributed by atoms with van der Waals surface area (Å²) in [7, 11) is -2.74. The van der Waals surface area contributed by atoms with Gasteiger partial charge in [0.2, 0.25) is 16.8 Å². The van der Waals surface area contributed by atoms with Gasteiger partial charge in [0.05, 0.1) is 18.8 Å². The molecule has 1 saturated heterocycles. The number of benzene rings is 1. The Morgan fingerprint density at radius 2 is 1.80 bits per heavy atom. The third-order valence-electron chi connectivity index (χ3n) is 6.13. The molecule has 1 N–H and O–H groups in total. The molecule has 0 saturated carbocycles. The van der Waals surface area contributed by atoms with Crippen molar-refractivity contribution in [3.63, 3.8) is 0 Å². The van der Waals surface area contributed by atoms with Crippen molar-refractivity contribution >= 4 is 21.9 Å². The Labute approximate surface area is 204 Å². The Morgan fingerprint density at radius 1 is 1.09 bits per heavy atom. The molecule has 0 radical (unpaired) electrons. The lowest BCUT2D eigenvalue weighted by Gasteiger charge is -2.31. The Balaban J connectivity index is 1.45. The number of carbonyl (C=O) groups excluding carboxylic acids is 2. The zero-order valence-electron chi connectivity index (χ0n) is 19.5. The summed E-state index contributed by atoms with van der Waals surface area (Å²) < 4.78 is 36.9. The normalized spacial score (nSPS) is 15.9. The largest absolute Gasteiger partial charge is 0.463 e. The minimum Gasteiger partial charge on any atom is -0.463 e. The Kier molecular flexibility index (Phi) is 7.32. The molecule has 10 heteroatoms. The summed E-state index contributed by atoms with van der Waals surface area (Å²) in [6.07, 6.45) is 2.42. The van der Waals surface area contributed by atoms with E-state index in [9.17, 15) is 18.0 Å². The number of amides is 1. The number of hydrogen-bond acceptors (Lipinski definition) is 7. The molecule has 1 aliphatic rings. The van der Waals surface area contributed by atoms with Crippen LogP contribution in [-0.4, -0.2) is 49.8 Å². The van der Waals surface area contributed by atoms with Gasteiger partial charge in [-0.1, -0.05) is 36.4 Å². The number of hydrogen-bond donors (Lipinski definition) is 1. The average molecular weight is 498 g/mol. The minimum absolute atomic E-state index is 0.146. The predicted octanol–water partition coefficient (Wildman–Crippen LogP) is 3.08. The van der Waals surface area contributed by atoms with Crippen LogP contribution in [0.5, 0.6) is 0 Å². The molecular weight excluding hydrogens is 470 g/mol. The van der Waals surface area contributed by atoms with E-state index in [1.807, 2.05) is 49.4 Å². The second-order valence-electron chi connectivity index (χ2n) is 8.35.